The Morgan fingerprint density at radius 3 is 2.50 bits per heavy atom. The van der Waals surface area contributed by atoms with Gasteiger partial charge in [0, 0.05) is 44.1 Å². The van der Waals surface area contributed by atoms with Crippen LogP contribution in [0.4, 0.5) is 0 Å². The SMILES string of the molecule is Cc1cc(C(=O)N2CC[C@@]3(CCCN(C4CCCC4)C3=O)C2)c(C)n1C. The number of hydrogen-bond acceptors (Lipinski definition) is 2. The molecule has 0 N–H and O–H groups in total. The van der Waals surface area contributed by atoms with E-state index in [9.17, 15) is 9.59 Å². The maximum atomic E-state index is 13.4. The second kappa shape index (κ2) is 6.43. The van der Waals surface area contributed by atoms with Crippen LogP contribution in [0.5, 0.6) is 0 Å². The molecule has 1 atom stereocenters. The van der Waals surface area contributed by atoms with E-state index in [0.29, 0.717) is 25.0 Å². The van der Waals surface area contributed by atoms with Crippen molar-refractivity contribution in [1.29, 1.82) is 0 Å². The molecular weight excluding hydrogens is 326 g/mol. The number of carbonyl (C=O) groups is 2. The second-order valence-electron chi connectivity index (χ2n) is 8.64. The summed E-state index contributed by atoms with van der Waals surface area (Å²) in [6.07, 6.45) is 7.66. The minimum atomic E-state index is -0.325. The van der Waals surface area contributed by atoms with Gasteiger partial charge >= 0.3 is 0 Å². The number of rotatable bonds is 2. The molecule has 1 aliphatic carbocycles. The molecule has 1 spiro atoms. The molecule has 0 unspecified atom stereocenters. The van der Waals surface area contributed by atoms with Gasteiger partial charge < -0.3 is 14.4 Å². The average molecular weight is 357 g/mol. The van der Waals surface area contributed by atoms with Crippen molar-refractivity contribution in [2.24, 2.45) is 12.5 Å². The zero-order valence-electron chi connectivity index (χ0n) is 16.4. The minimum Gasteiger partial charge on any atom is -0.351 e. The summed E-state index contributed by atoms with van der Waals surface area (Å²) in [5, 5.41) is 0. The van der Waals surface area contributed by atoms with Gasteiger partial charge in [0.05, 0.1) is 11.0 Å². The van der Waals surface area contributed by atoms with Crippen molar-refractivity contribution in [1.82, 2.24) is 14.4 Å². The molecule has 4 rings (SSSR count). The number of likely N-dealkylation sites (tertiary alicyclic amines) is 2. The summed E-state index contributed by atoms with van der Waals surface area (Å²) in [5.74, 6) is 0.417. The van der Waals surface area contributed by atoms with Crippen LogP contribution in [0.3, 0.4) is 0 Å². The molecule has 0 bridgehead atoms. The number of amides is 2. The van der Waals surface area contributed by atoms with Crippen molar-refractivity contribution in [2.45, 2.75) is 64.8 Å². The lowest BCUT2D eigenvalue weighted by molar-refractivity contribution is -0.148. The predicted molar refractivity (Wildman–Crippen MR) is 101 cm³/mol. The molecule has 142 valence electrons. The Morgan fingerprint density at radius 2 is 1.85 bits per heavy atom. The van der Waals surface area contributed by atoms with Crippen LogP contribution >= 0.6 is 0 Å². The number of carbonyl (C=O) groups excluding carboxylic acids is 2. The highest BCUT2D eigenvalue weighted by atomic mass is 16.2. The molecule has 0 radical (unpaired) electrons. The molecule has 3 heterocycles. The molecule has 1 saturated carbocycles. The van der Waals surface area contributed by atoms with Crippen LogP contribution < -0.4 is 0 Å². The fourth-order valence-electron chi connectivity index (χ4n) is 5.33. The van der Waals surface area contributed by atoms with Crippen LogP contribution in [0.15, 0.2) is 6.07 Å². The summed E-state index contributed by atoms with van der Waals surface area (Å²) in [4.78, 5) is 30.5. The lowest BCUT2D eigenvalue weighted by Crippen LogP contribution is -2.53. The number of hydrogen-bond donors (Lipinski definition) is 0. The van der Waals surface area contributed by atoms with E-state index in [-0.39, 0.29) is 11.3 Å². The van der Waals surface area contributed by atoms with Gasteiger partial charge in [-0.3, -0.25) is 9.59 Å². The quantitative estimate of drug-likeness (QED) is 0.817. The maximum absolute atomic E-state index is 13.4. The summed E-state index contributed by atoms with van der Waals surface area (Å²) in [5.41, 5.74) is 2.57. The van der Waals surface area contributed by atoms with Crippen LogP contribution in [-0.4, -0.2) is 51.9 Å². The van der Waals surface area contributed by atoms with Crippen molar-refractivity contribution in [2.75, 3.05) is 19.6 Å². The first kappa shape index (κ1) is 17.6. The topological polar surface area (TPSA) is 45.6 Å². The van der Waals surface area contributed by atoms with E-state index in [0.717, 1.165) is 55.6 Å². The molecular formula is C21H31N3O2. The fourth-order valence-corrected chi connectivity index (χ4v) is 5.33. The van der Waals surface area contributed by atoms with Crippen LogP contribution in [-0.2, 0) is 11.8 Å². The Hall–Kier alpha value is -1.78. The van der Waals surface area contributed by atoms with Gasteiger partial charge in [0.2, 0.25) is 5.91 Å². The molecule has 1 aromatic heterocycles. The molecule has 5 heteroatoms. The van der Waals surface area contributed by atoms with Gasteiger partial charge in [-0.25, -0.2) is 0 Å². The highest BCUT2D eigenvalue weighted by Crippen LogP contribution is 2.42. The summed E-state index contributed by atoms with van der Waals surface area (Å²) >= 11 is 0. The third-order valence-corrected chi connectivity index (χ3v) is 7.18. The fraction of sp³-hybridized carbons (Fsp3) is 0.714. The summed E-state index contributed by atoms with van der Waals surface area (Å²) in [7, 11) is 2.00. The Labute approximate surface area is 156 Å². The maximum Gasteiger partial charge on any atom is 0.255 e. The van der Waals surface area contributed by atoms with Crippen LogP contribution in [0.25, 0.3) is 0 Å². The van der Waals surface area contributed by atoms with E-state index in [1.807, 2.05) is 31.9 Å². The summed E-state index contributed by atoms with van der Waals surface area (Å²) in [6.45, 7) is 6.24. The first-order valence-corrected chi connectivity index (χ1v) is 10.2. The normalized spacial score (nSPS) is 27.1. The number of nitrogens with zero attached hydrogens (tertiary/aromatic N) is 3. The van der Waals surface area contributed by atoms with Crippen molar-refractivity contribution in [3.63, 3.8) is 0 Å². The first-order valence-electron chi connectivity index (χ1n) is 10.2. The van der Waals surface area contributed by atoms with Crippen molar-refractivity contribution >= 4 is 11.8 Å². The Bertz CT molecular complexity index is 732. The summed E-state index contributed by atoms with van der Waals surface area (Å²) in [6, 6.07) is 2.43. The van der Waals surface area contributed by atoms with E-state index in [1.54, 1.807) is 0 Å². The van der Waals surface area contributed by atoms with Crippen molar-refractivity contribution in [3.05, 3.63) is 23.0 Å². The molecule has 3 aliphatic rings. The Balaban J connectivity index is 1.52. The van der Waals surface area contributed by atoms with Crippen molar-refractivity contribution < 1.29 is 9.59 Å². The van der Waals surface area contributed by atoms with E-state index < -0.39 is 0 Å². The molecule has 3 fully saturated rings. The number of piperidine rings is 1. The second-order valence-corrected chi connectivity index (χ2v) is 8.64. The zero-order valence-corrected chi connectivity index (χ0v) is 16.4. The lowest BCUT2D eigenvalue weighted by Gasteiger charge is -2.42. The largest absolute Gasteiger partial charge is 0.351 e. The Morgan fingerprint density at radius 1 is 1.12 bits per heavy atom. The lowest BCUT2D eigenvalue weighted by atomic mass is 9.77. The zero-order chi connectivity index (χ0) is 18.5. The third-order valence-electron chi connectivity index (χ3n) is 7.18. The van der Waals surface area contributed by atoms with Gasteiger partial charge in [-0.15, -0.1) is 0 Å². The molecule has 0 aromatic carbocycles. The minimum absolute atomic E-state index is 0.0915. The van der Waals surface area contributed by atoms with Gasteiger partial charge in [0.25, 0.3) is 5.91 Å². The third kappa shape index (κ3) is 2.67. The van der Waals surface area contributed by atoms with Crippen LogP contribution in [0, 0.1) is 19.3 Å². The van der Waals surface area contributed by atoms with Gasteiger partial charge in [-0.1, -0.05) is 12.8 Å². The molecule has 26 heavy (non-hydrogen) atoms. The molecule has 2 saturated heterocycles. The van der Waals surface area contributed by atoms with E-state index in [2.05, 4.69) is 9.47 Å². The van der Waals surface area contributed by atoms with Gasteiger partial charge in [0.15, 0.2) is 0 Å². The standard InChI is InChI=1S/C21H31N3O2/c1-15-13-18(16(2)22(15)3)19(25)23-12-10-21(14-23)9-6-11-24(20(21)26)17-7-4-5-8-17/h13,17H,4-12,14H2,1-3H3/t21-/m0/s1. The molecule has 1 aromatic rings. The highest BCUT2D eigenvalue weighted by Gasteiger charge is 2.50. The van der Waals surface area contributed by atoms with E-state index in [1.165, 1.54) is 12.8 Å². The van der Waals surface area contributed by atoms with Gasteiger partial charge in [-0.2, -0.15) is 0 Å². The Kier molecular flexibility index (Phi) is 4.36. The smallest absolute Gasteiger partial charge is 0.255 e. The van der Waals surface area contributed by atoms with E-state index in [4.69, 9.17) is 0 Å². The van der Waals surface area contributed by atoms with Gasteiger partial charge in [0.1, 0.15) is 0 Å². The highest BCUT2D eigenvalue weighted by molar-refractivity contribution is 5.97. The summed E-state index contributed by atoms with van der Waals surface area (Å²) < 4.78 is 2.06. The van der Waals surface area contributed by atoms with Crippen molar-refractivity contribution in [3.8, 4) is 0 Å². The van der Waals surface area contributed by atoms with Gasteiger partial charge in [-0.05, 0) is 52.0 Å². The van der Waals surface area contributed by atoms with Crippen LogP contribution in [0.1, 0.15) is 66.7 Å². The van der Waals surface area contributed by atoms with E-state index >= 15 is 0 Å². The molecule has 2 aliphatic heterocycles. The number of aryl methyl sites for hydroxylation is 1. The number of aromatic nitrogens is 1. The molecule has 5 nitrogen and oxygen atoms in total. The molecule has 2 amide bonds. The average Bonchev–Trinajstić information content (AvgIpc) is 3.35. The monoisotopic (exact) mass is 357 g/mol. The predicted octanol–water partition coefficient (Wildman–Crippen LogP) is 3.04. The van der Waals surface area contributed by atoms with Crippen LogP contribution in [0.2, 0.25) is 0 Å². The first-order chi connectivity index (χ1) is 12.4.